The van der Waals surface area contributed by atoms with Gasteiger partial charge < -0.3 is 20.5 Å². The molecule has 0 saturated carbocycles. The molecule has 1 amide bonds. The summed E-state index contributed by atoms with van der Waals surface area (Å²) in [5.41, 5.74) is 0.153. The quantitative estimate of drug-likeness (QED) is 0.422. The summed E-state index contributed by atoms with van der Waals surface area (Å²) in [5.74, 6) is -1.79. The fourth-order valence-corrected chi connectivity index (χ4v) is 0.939. The molecule has 0 radical (unpaired) electrons. The van der Waals surface area contributed by atoms with Crippen molar-refractivity contribution in [3.8, 4) is 0 Å². The van der Waals surface area contributed by atoms with Crippen LogP contribution in [0.15, 0.2) is 18.3 Å². The first-order valence-electron chi connectivity index (χ1n) is 4.33. The monoisotopic (exact) mass is 224 g/mol. The van der Waals surface area contributed by atoms with Crippen LogP contribution < -0.4 is 10.8 Å². The maximum atomic E-state index is 11.3. The van der Waals surface area contributed by atoms with Gasteiger partial charge in [-0.1, -0.05) is 6.07 Å². The summed E-state index contributed by atoms with van der Waals surface area (Å²) in [7, 11) is -1.65. The van der Waals surface area contributed by atoms with E-state index in [0.29, 0.717) is 0 Å². The molecule has 16 heavy (non-hydrogen) atoms. The predicted molar refractivity (Wildman–Crippen MR) is 54.0 cm³/mol. The third-order valence-corrected chi connectivity index (χ3v) is 1.72. The minimum absolute atomic E-state index is 0.00523. The molecule has 7 nitrogen and oxygen atoms in total. The van der Waals surface area contributed by atoms with E-state index in [0.717, 1.165) is 6.20 Å². The van der Waals surface area contributed by atoms with E-state index in [2.05, 4.69) is 10.3 Å². The van der Waals surface area contributed by atoms with Gasteiger partial charge in [0.2, 0.25) is 0 Å². The van der Waals surface area contributed by atoms with Crippen LogP contribution in [0.3, 0.4) is 0 Å². The second kappa shape index (κ2) is 5.24. The van der Waals surface area contributed by atoms with Gasteiger partial charge in [-0.3, -0.25) is 14.6 Å². The highest BCUT2D eigenvalue weighted by Gasteiger charge is 2.13. The van der Waals surface area contributed by atoms with E-state index in [9.17, 15) is 9.59 Å². The van der Waals surface area contributed by atoms with E-state index in [4.69, 9.17) is 15.2 Å². The minimum Gasteiger partial charge on any atom is -0.480 e. The number of hydrogen-bond donors (Lipinski definition) is 4. The zero-order chi connectivity index (χ0) is 12.1. The molecule has 0 unspecified atom stereocenters. The highest BCUT2D eigenvalue weighted by molar-refractivity contribution is 6.58. The number of hydrogen-bond acceptors (Lipinski definition) is 5. The Morgan fingerprint density at radius 1 is 1.38 bits per heavy atom. The molecule has 1 heterocycles. The average Bonchev–Trinajstić information content (AvgIpc) is 2.26. The van der Waals surface area contributed by atoms with Crippen LogP contribution >= 0.6 is 0 Å². The molecule has 1 aromatic heterocycles. The lowest BCUT2D eigenvalue weighted by Gasteiger charge is -2.02. The molecule has 84 valence electrons. The number of nitrogens with zero attached hydrogens (tertiary/aromatic N) is 1. The third kappa shape index (κ3) is 3.33. The van der Waals surface area contributed by atoms with E-state index in [1.54, 1.807) is 0 Å². The molecule has 0 aliphatic carbocycles. The lowest BCUT2D eigenvalue weighted by molar-refractivity contribution is -0.135. The van der Waals surface area contributed by atoms with E-state index < -0.39 is 25.5 Å². The highest BCUT2D eigenvalue weighted by atomic mass is 16.4. The summed E-state index contributed by atoms with van der Waals surface area (Å²) in [6.45, 7) is -0.495. The molecule has 0 aliphatic heterocycles. The van der Waals surface area contributed by atoms with Crippen molar-refractivity contribution in [3.05, 3.63) is 24.0 Å². The first kappa shape index (κ1) is 12.1. The molecule has 0 spiro atoms. The summed E-state index contributed by atoms with van der Waals surface area (Å²) in [6, 6.07) is 2.58. The predicted octanol–water partition coefficient (Wildman–Crippen LogP) is -2.42. The molecular formula is C8H9BN2O5. The maximum Gasteiger partial charge on any atom is 0.490 e. The number of carboxylic acid groups (broad SMARTS) is 1. The van der Waals surface area contributed by atoms with Gasteiger partial charge in [0.05, 0.1) is 0 Å². The van der Waals surface area contributed by atoms with Crippen LogP contribution in [-0.4, -0.2) is 45.7 Å². The summed E-state index contributed by atoms with van der Waals surface area (Å²) < 4.78 is 0. The molecule has 0 aromatic carbocycles. The Morgan fingerprint density at radius 3 is 2.50 bits per heavy atom. The first-order valence-corrected chi connectivity index (χ1v) is 4.33. The van der Waals surface area contributed by atoms with Crippen LogP contribution in [0.25, 0.3) is 0 Å². The molecule has 0 aliphatic rings. The largest absolute Gasteiger partial charge is 0.490 e. The second-order valence-corrected chi connectivity index (χ2v) is 2.93. The van der Waals surface area contributed by atoms with Crippen LogP contribution in [0.2, 0.25) is 0 Å². The standard InChI is InChI=1S/C8H9BN2O5/c12-7(13)4-11-8(14)6-2-1-5(3-10-6)9(15)16/h1-3,15-16H,4H2,(H,11,14)(H,12,13). The summed E-state index contributed by atoms with van der Waals surface area (Å²) in [5, 5.41) is 28.0. The Morgan fingerprint density at radius 2 is 2.06 bits per heavy atom. The van der Waals surface area contributed by atoms with Crippen molar-refractivity contribution in [1.29, 1.82) is 0 Å². The van der Waals surface area contributed by atoms with Crippen LogP contribution in [0, 0.1) is 0 Å². The number of carbonyl (C=O) groups excluding carboxylic acids is 1. The molecule has 0 atom stereocenters. The molecule has 0 fully saturated rings. The van der Waals surface area contributed by atoms with Crippen molar-refractivity contribution in [3.63, 3.8) is 0 Å². The Kier molecular flexibility index (Phi) is 3.98. The number of aromatic nitrogens is 1. The van der Waals surface area contributed by atoms with Gasteiger partial charge in [0.15, 0.2) is 0 Å². The average molecular weight is 224 g/mol. The van der Waals surface area contributed by atoms with Gasteiger partial charge in [-0.05, 0) is 6.07 Å². The van der Waals surface area contributed by atoms with Crippen molar-refractivity contribution in [1.82, 2.24) is 10.3 Å². The van der Waals surface area contributed by atoms with Crippen molar-refractivity contribution in [2.24, 2.45) is 0 Å². The van der Waals surface area contributed by atoms with Crippen molar-refractivity contribution >= 4 is 24.5 Å². The lowest BCUT2D eigenvalue weighted by atomic mass is 9.82. The van der Waals surface area contributed by atoms with Gasteiger partial charge in [0.25, 0.3) is 5.91 Å². The highest BCUT2D eigenvalue weighted by Crippen LogP contribution is 1.92. The molecule has 0 bridgehead atoms. The van der Waals surface area contributed by atoms with Crippen LogP contribution in [0.4, 0.5) is 0 Å². The molecule has 4 N–H and O–H groups in total. The van der Waals surface area contributed by atoms with Gasteiger partial charge in [-0.15, -0.1) is 0 Å². The number of aliphatic carboxylic acids is 1. The second-order valence-electron chi connectivity index (χ2n) is 2.93. The molecule has 8 heteroatoms. The van der Waals surface area contributed by atoms with Gasteiger partial charge in [-0.25, -0.2) is 0 Å². The summed E-state index contributed by atoms with van der Waals surface area (Å²) in [6.07, 6.45) is 1.13. The smallest absolute Gasteiger partial charge is 0.480 e. The SMILES string of the molecule is O=C(O)CNC(=O)c1ccc(B(O)O)cn1. The number of carboxylic acids is 1. The molecular weight excluding hydrogens is 215 g/mol. The topological polar surface area (TPSA) is 120 Å². The van der Waals surface area contributed by atoms with Crippen molar-refractivity contribution < 1.29 is 24.7 Å². The molecule has 0 saturated heterocycles. The number of carbonyl (C=O) groups is 2. The van der Waals surface area contributed by atoms with Gasteiger partial charge >= 0.3 is 13.1 Å². The number of rotatable bonds is 4. The normalized spacial score (nSPS) is 9.62. The first-order chi connectivity index (χ1) is 7.50. The minimum atomic E-state index is -1.65. The fourth-order valence-electron chi connectivity index (χ4n) is 0.939. The zero-order valence-electron chi connectivity index (χ0n) is 8.12. The third-order valence-electron chi connectivity index (χ3n) is 1.72. The van der Waals surface area contributed by atoms with Gasteiger partial charge in [0.1, 0.15) is 12.2 Å². The Bertz CT molecular complexity index is 392. The maximum absolute atomic E-state index is 11.3. The Labute approximate surface area is 90.9 Å². The summed E-state index contributed by atoms with van der Waals surface area (Å²) >= 11 is 0. The molecule has 1 rings (SSSR count). The summed E-state index contributed by atoms with van der Waals surface area (Å²) in [4.78, 5) is 25.1. The van der Waals surface area contributed by atoms with Crippen LogP contribution in [0.5, 0.6) is 0 Å². The van der Waals surface area contributed by atoms with E-state index in [1.165, 1.54) is 12.1 Å². The Balaban J connectivity index is 2.66. The van der Waals surface area contributed by atoms with E-state index in [1.807, 2.05) is 0 Å². The number of nitrogens with one attached hydrogen (secondary N) is 1. The zero-order valence-corrected chi connectivity index (χ0v) is 8.12. The Hall–Kier alpha value is -1.93. The van der Waals surface area contributed by atoms with Crippen LogP contribution in [-0.2, 0) is 4.79 Å². The number of amides is 1. The van der Waals surface area contributed by atoms with Gasteiger partial charge in [0, 0.05) is 11.7 Å². The van der Waals surface area contributed by atoms with Crippen LogP contribution in [0.1, 0.15) is 10.5 Å². The van der Waals surface area contributed by atoms with Crippen molar-refractivity contribution in [2.75, 3.05) is 6.54 Å². The van der Waals surface area contributed by atoms with Crippen molar-refractivity contribution in [2.45, 2.75) is 0 Å². The molecule has 1 aromatic rings. The fraction of sp³-hybridized carbons (Fsp3) is 0.125. The lowest BCUT2D eigenvalue weighted by Crippen LogP contribution is -2.33. The number of pyridine rings is 1. The van der Waals surface area contributed by atoms with Gasteiger partial charge in [-0.2, -0.15) is 0 Å². The van der Waals surface area contributed by atoms with E-state index >= 15 is 0 Å². The van der Waals surface area contributed by atoms with E-state index in [-0.39, 0.29) is 11.2 Å².